The van der Waals surface area contributed by atoms with Crippen LogP contribution >= 0.6 is 0 Å². The number of benzene rings is 4. The van der Waals surface area contributed by atoms with Crippen LogP contribution < -0.4 is 5.43 Å². The van der Waals surface area contributed by atoms with Gasteiger partial charge in [0.05, 0.1) is 10.8 Å². The normalized spacial score (nSPS) is 11.7. The van der Waals surface area contributed by atoms with E-state index in [0.29, 0.717) is 21.9 Å². The molecule has 4 aromatic carbocycles. The van der Waals surface area contributed by atoms with Crippen molar-refractivity contribution in [2.45, 2.75) is 0 Å². The minimum atomic E-state index is 0.0257. The van der Waals surface area contributed by atoms with E-state index in [2.05, 4.69) is 0 Å². The molecule has 0 aliphatic carbocycles. The van der Waals surface area contributed by atoms with Crippen LogP contribution in [0.4, 0.5) is 0 Å². The monoisotopic (exact) mass is 296 g/mol. The van der Waals surface area contributed by atoms with Gasteiger partial charge in [-0.15, -0.1) is 0 Å². The van der Waals surface area contributed by atoms with Crippen molar-refractivity contribution in [3.8, 4) is 0 Å². The van der Waals surface area contributed by atoms with Crippen molar-refractivity contribution in [2.75, 3.05) is 0 Å². The van der Waals surface area contributed by atoms with Crippen LogP contribution in [0.3, 0.4) is 0 Å². The second-order valence-corrected chi connectivity index (χ2v) is 5.79. The van der Waals surface area contributed by atoms with E-state index in [9.17, 15) is 4.79 Å². The molecule has 0 N–H and O–H groups in total. The number of hydrogen-bond donors (Lipinski definition) is 0. The molecule has 0 atom stereocenters. The molecule has 0 radical (unpaired) electrons. The second-order valence-electron chi connectivity index (χ2n) is 5.79. The van der Waals surface area contributed by atoms with Gasteiger partial charge in [0, 0.05) is 5.39 Å². The van der Waals surface area contributed by atoms with Crippen LogP contribution in [-0.4, -0.2) is 0 Å². The van der Waals surface area contributed by atoms with Gasteiger partial charge in [-0.1, -0.05) is 54.6 Å². The summed E-state index contributed by atoms with van der Waals surface area (Å²) in [5.74, 6) is 0. The molecule has 0 fully saturated rings. The summed E-state index contributed by atoms with van der Waals surface area (Å²) in [6.45, 7) is 0. The zero-order chi connectivity index (χ0) is 15.4. The zero-order valence-electron chi connectivity index (χ0n) is 12.2. The molecule has 0 saturated heterocycles. The maximum absolute atomic E-state index is 12.9. The van der Waals surface area contributed by atoms with Crippen LogP contribution in [0.1, 0.15) is 0 Å². The first-order valence-electron chi connectivity index (χ1n) is 7.58. The largest absolute Gasteiger partial charge is 0.455 e. The summed E-state index contributed by atoms with van der Waals surface area (Å²) in [6, 6.07) is 23.7. The lowest BCUT2D eigenvalue weighted by atomic mass is 10.0. The molecule has 23 heavy (non-hydrogen) atoms. The predicted molar refractivity (Wildman–Crippen MR) is 95.0 cm³/mol. The van der Waals surface area contributed by atoms with E-state index in [1.165, 1.54) is 0 Å². The fraction of sp³-hybridized carbons (Fsp3) is 0. The highest BCUT2D eigenvalue weighted by atomic mass is 16.3. The van der Waals surface area contributed by atoms with Gasteiger partial charge in [0.15, 0.2) is 0 Å². The molecule has 108 valence electrons. The Hall–Kier alpha value is -3.13. The first-order valence-corrected chi connectivity index (χ1v) is 7.58. The van der Waals surface area contributed by atoms with E-state index in [1.54, 1.807) is 0 Å². The third kappa shape index (κ3) is 1.72. The van der Waals surface area contributed by atoms with Crippen molar-refractivity contribution in [3.63, 3.8) is 0 Å². The van der Waals surface area contributed by atoms with Crippen molar-refractivity contribution in [1.29, 1.82) is 0 Å². The molecule has 0 unspecified atom stereocenters. The van der Waals surface area contributed by atoms with Gasteiger partial charge in [-0.2, -0.15) is 0 Å². The second kappa shape index (κ2) is 4.43. The lowest BCUT2D eigenvalue weighted by molar-refractivity contribution is 0.664. The number of rotatable bonds is 0. The van der Waals surface area contributed by atoms with Crippen molar-refractivity contribution < 1.29 is 4.42 Å². The van der Waals surface area contributed by atoms with Gasteiger partial charge in [0.2, 0.25) is 5.43 Å². The minimum Gasteiger partial charge on any atom is -0.455 e. The topological polar surface area (TPSA) is 30.2 Å². The van der Waals surface area contributed by atoms with Crippen LogP contribution in [0.5, 0.6) is 0 Å². The molecule has 1 aromatic heterocycles. The zero-order valence-corrected chi connectivity index (χ0v) is 12.2. The Balaban J connectivity index is 2.06. The fourth-order valence-corrected chi connectivity index (χ4v) is 3.27. The highest BCUT2D eigenvalue weighted by Gasteiger charge is 2.11. The van der Waals surface area contributed by atoms with E-state index in [0.717, 1.165) is 21.5 Å². The average Bonchev–Trinajstić information content (AvgIpc) is 2.60. The van der Waals surface area contributed by atoms with Gasteiger partial charge in [0.25, 0.3) is 0 Å². The molecular weight excluding hydrogens is 284 g/mol. The summed E-state index contributed by atoms with van der Waals surface area (Å²) < 4.78 is 6.15. The van der Waals surface area contributed by atoms with E-state index < -0.39 is 0 Å². The Bertz CT molecular complexity index is 1270. The van der Waals surface area contributed by atoms with Crippen LogP contribution in [0.15, 0.2) is 82.0 Å². The Labute approximate surface area is 131 Å². The summed E-state index contributed by atoms with van der Waals surface area (Å²) in [5.41, 5.74) is 1.33. The van der Waals surface area contributed by atoms with Gasteiger partial charge in [-0.05, 0) is 34.4 Å². The standard InChI is InChI=1S/C21H12O2/c22-20-17-10-9-13-5-3-4-8-16(13)21(17)23-19-12-15-7-2-1-6-14(15)11-18(19)20/h1-12H. The smallest absolute Gasteiger partial charge is 0.200 e. The fourth-order valence-electron chi connectivity index (χ4n) is 3.27. The highest BCUT2D eigenvalue weighted by molar-refractivity contribution is 6.07. The number of hydrogen-bond acceptors (Lipinski definition) is 2. The van der Waals surface area contributed by atoms with Crippen LogP contribution in [0.2, 0.25) is 0 Å². The highest BCUT2D eigenvalue weighted by Crippen LogP contribution is 2.28. The maximum Gasteiger partial charge on any atom is 0.200 e. The SMILES string of the molecule is O=c1c2cc3ccccc3cc2oc2c1ccc1ccccc12. The van der Waals surface area contributed by atoms with Gasteiger partial charge in [-0.25, -0.2) is 0 Å². The van der Waals surface area contributed by atoms with Crippen LogP contribution in [-0.2, 0) is 0 Å². The summed E-state index contributed by atoms with van der Waals surface area (Å²) in [7, 11) is 0. The van der Waals surface area contributed by atoms with E-state index in [-0.39, 0.29) is 5.43 Å². The molecule has 2 nitrogen and oxygen atoms in total. The molecule has 0 saturated carbocycles. The van der Waals surface area contributed by atoms with Crippen molar-refractivity contribution in [1.82, 2.24) is 0 Å². The van der Waals surface area contributed by atoms with E-state index >= 15 is 0 Å². The van der Waals surface area contributed by atoms with Crippen molar-refractivity contribution in [3.05, 3.63) is 83.0 Å². The molecule has 5 rings (SSSR count). The molecule has 5 aromatic rings. The van der Waals surface area contributed by atoms with Crippen molar-refractivity contribution in [2.24, 2.45) is 0 Å². The molecule has 1 heterocycles. The maximum atomic E-state index is 12.9. The summed E-state index contributed by atoms with van der Waals surface area (Å²) in [5, 5.41) is 5.42. The van der Waals surface area contributed by atoms with Crippen LogP contribution in [0.25, 0.3) is 43.5 Å². The van der Waals surface area contributed by atoms with E-state index in [1.807, 2.05) is 72.8 Å². The Morgan fingerprint density at radius 1 is 0.609 bits per heavy atom. The quantitative estimate of drug-likeness (QED) is 0.288. The lowest BCUT2D eigenvalue weighted by Gasteiger charge is -2.06. The first kappa shape index (κ1) is 12.4. The third-order valence-electron chi connectivity index (χ3n) is 4.43. The molecule has 0 bridgehead atoms. The van der Waals surface area contributed by atoms with E-state index in [4.69, 9.17) is 4.42 Å². The lowest BCUT2D eigenvalue weighted by Crippen LogP contribution is -2.02. The van der Waals surface area contributed by atoms with Crippen LogP contribution in [0, 0.1) is 0 Å². The Morgan fingerprint density at radius 3 is 2.13 bits per heavy atom. The Morgan fingerprint density at radius 2 is 1.30 bits per heavy atom. The predicted octanol–water partition coefficient (Wildman–Crippen LogP) is 5.25. The molecule has 2 heteroatoms. The molecule has 0 aliphatic heterocycles. The summed E-state index contributed by atoms with van der Waals surface area (Å²) in [4.78, 5) is 12.9. The van der Waals surface area contributed by atoms with Gasteiger partial charge >= 0.3 is 0 Å². The average molecular weight is 296 g/mol. The number of fused-ring (bicyclic) bond motifs is 5. The molecule has 0 amide bonds. The summed E-state index contributed by atoms with van der Waals surface area (Å²) in [6.07, 6.45) is 0. The third-order valence-corrected chi connectivity index (χ3v) is 4.43. The van der Waals surface area contributed by atoms with Gasteiger partial charge in [-0.3, -0.25) is 4.79 Å². The summed E-state index contributed by atoms with van der Waals surface area (Å²) >= 11 is 0. The molecule has 0 aliphatic rings. The van der Waals surface area contributed by atoms with Gasteiger partial charge in [0.1, 0.15) is 11.2 Å². The minimum absolute atomic E-state index is 0.0257. The van der Waals surface area contributed by atoms with Gasteiger partial charge < -0.3 is 4.42 Å². The van der Waals surface area contributed by atoms with Crippen molar-refractivity contribution >= 4 is 43.5 Å². The first-order chi connectivity index (χ1) is 11.3. The molecular formula is C21H12O2. The molecule has 0 spiro atoms. The Kier molecular flexibility index (Phi) is 2.39.